The molecule has 0 bridgehead atoms. The fourth-order valence-corrected chi connectivity index (χ4v) is 3.63. The summed E-state index contributed by atoms with van der Waals surface area (Å²) in [7, 11) is 0. The zero-order valence-corrected chi connectivity index (χ0v) is 13.9. The number of nitrogens with one attached hydrogen (secondary N) is 1. The Bertz CT molecular complexity index is 552. The number of rotatable bonds is 2. The Hall–Kier alpha value is -1.20. The van der Waals surface area contributed by atoms with Crippen molar-refractivity contribution in [1.82, 2.24) is 10.2 Å². The maximum Gasteiger partial charge on any atom is 0.227 e. The molecule has 0 aliphatic carbocycles. The van der Waals surface area contributed by atoms with E-state index in [1.54, 1.807) is 0 Å². The molecule has 2 aliphatic rings. The van der Waals surface area contributed by atoms with Crippen molar-refractivity contribution in [2.75, 3.05) is 26.2 Å². The molecule has 23 heavy (non-hydrogen) atoms. The minimum absolute atomic E-state index is 0. The van der Waals surface area contributed by atoms with Gasteiger partial charge in [-0.2, -0.15) is 0 Å². The highest BCUT2D eigenvalue weighted by atomic mass is 35.5. The average Bonchev–Trinajstić information content (AvgIpc) is 2.51. The Labute approximate surface area is 141 Å². The van der Waals surface area contributed by atoms with Crippen LogP contribution in [0.3, 0.4) is 0 Å². The van der Waals surface area contributed by atoms with E-state index in [0.29, 0.717) is 5.41 Å². The van der Waals surface area contributed by atoms with Crippen molar-refractivity contribution in [1.29, 1.82) is 0 Å². The highest BCUT2D eigenvalue weighted by Gasteiger charge is 2.36. The van der Waals surface area contributed by atoms with Crippen molar-refractivity contribution in [3.8, 4) is 0 Å². The molecule has 0 saturated carbocycles. The Kier molecular flexibility index (Phi) is 5.98. The van der Waals surface area contributed by atoms with Crippen molar-refractivity contribution in [3.63, 3.8) is 0 Å². The number of piperidine rings is 2. The van der Waals surface area contributed by atoms with Gasteiger partial charge in [-0.1, -0.05) is 6.07 Å². The summed E-state index contributed by atoms with van der Waals surface area (Å²) >= 11 is 0. The summed E-state index contributed by atoms with van der Waals surface area (Å²) in [6, 6.07) is 3.40. The Morgan fingerprint density at radius 1 is 1.13 bits per heavy atom. The lowest BCUT2D eigenvalue weighted by Crippen LogP contribution is -2.47. The van der Waals surface area contributed by atoms with E-state index in [4.69, 9.17) is 0 Å². The van der Waals surface area contributed by atoms with Crippen molar-refractivity contribution in [3.05, 3.63) is 35.4 Å². The van der Waals surface area contributed by atoms with E-state index in [2.05, 4.69) is 5.32 Å². The molecular formula is C17H23ClF2N2O. The molecular weight excluding hydrogens is 322 g/mol. The SMILES string of the molecule is Cl.O=C(Cc1ccc(F)cc1F)N1CCC2(CCNCC2)CC1. The lowest BCUT2D eigenvalue weighted by molar-refractivity contribution is -0.133. The predicted octanol–water partition coefficient (Wildman–Crippen LogP) is 2.92. The van der Waals surface area contributed by atoms with Crippen LogP contribution in [0.25, 0.3) is 0 Å². The van der Waals surface area contributed by atoms with Gasteiger partial charge in [0.15, 0.2) is 0 Å². The van der Waals surface area contributed by atoms with E-state index >= 15 is 0 Å². The number of hydrogen-bond donors (Lipinski definition) is 1. The van der Waals surface area contributed by atoms with E-state index in [1.165, 1.54) is 25.0 Å². The van der Waals surface area contributed by atoms with Crippen molar-refractivity contribution >= 4 is 18.3 Å². The molecule has 2 fully saturated rings. The van der Waals surface area contributed by atoms with Gasteiger partial charge in [-0.3, -0.25) is 4.79 Å². The molecule has 1 spiro atoms. The molecule has 2 saturated heterocycles. The van der Waals surface area contributed by atoms with E-state index in [0.717, 1.165) is 45.1 Å². The maximum atomic E-state index is 13.6. The van der Waals surface area contributed by atoms with Crippen LogP contribution in [0, 0.1) is 17.0 Å². The number of amides is 1. The van der Waals surface area contributed by atoms with Gasteiger partial charge < -0.3 is 10.2 Å². The zero-order valence-electron chi connectivity index (χ0n) is 13.1. The molecule has 0 unspecified atom stereocenters. The number of likely N-dealkylation sites (tertiary alicyclic amines) is 1. The van der Waals surface area contributed by atoms with E-state index in [-0.39, 0.29) is 30.3 Å². The molecule has 1 aromatic carbocycles. The molecule has 1 aromatic rings. The van der Waals surface area contributed by atoms with E-state index in [1.807, 2.05) is 4.90 Å². The van der Waals surface area contributed by atoms with Gasteiger partial charge in [0.25, 0.3) is 0 Å². The number of halogens is 3. The third-order valence-corrected chi connectivity index (χ3v) is 5.20. The number of benzene rings is 1. The summed E-state index contributed by atoms with van der Waals surface area (Å²) < 4.78 is 26.5. The molecule has 128 valence electrons. The van der Waals surface area contributed by atoms with Crippen LogP contribution >= 0.6 is 12.4 Å². The molecule has 6 heteroatoms. The quantitative estimate of drug-likeness (QED) is 0.894. The van der Waals surface area contributed by atoms with E-state index < -0.39 is 11.6 Å². The Morgan fingerprint density at radius 3 is 2.39 bits per heavy atom. The largest absolute Gasteiger partial charge is 0.342 e. The number of carbonyl (C=O) groups is 1. The number of carbonyl (C=O) groups excluding carboxylic acids is 1. The van der Waals surface area contributed by atoms with Crippen LogP contribution in [0.1, 0.15) is 31.2 Å². The molecule has 0 aromatic heterocycles. The van der Waals surface area contributed by atoms with Gasteiger partial charge in [0.05, 0.1) is 6.42 Å². The highest BCUT2D eigenvalue weighted by Crippen LogP contribution is 2.39. The smallest absolute Gasteiger partial charge is 0.227 e. The first kappa shape index (κ1) is 18.1. The van der Waals surface area contributed by atoms with Crippen LogP contribution < -0.4 is 5.32 Å². The zero-order chi connectivity index (χ0) is 15.6. The summed E-state index contributed by atoms with van der Waals surface area (Å²) in [6.07, 6.45) is 4.45. The number of nitrogens with zero attached hydrogens (tertiary/aromatic N) is 1. The molecule has 2 aliphatic heterocycles. The van der Waals surface area contributed by atoms with Gasteiger partial charge in [0.1, 0.15) is 11.6 Å². The maximum absolute atomic E-state index is 13.6. The van der Waals surface area contributed by atoms with Gasteiger partial charge in [-0.15, -0.1) is 12.4 Å². The molecule has 0 radical (unpaired) electrons. The van der Waals surface area contributed by atoms with Gasteiger partial charge in [-0.25, -0.2) is 8.78 Å². The summed E-state index contributed by atoms with van der Waals surface area (Å²) in [5.41, 5.74) is 0.664. The first-order valence-corrected chi connectivity index (χ1v) is 8.00. The minimum atomic E-state index is -0.639. The molecule has 3 rings (SSSR count). The average molecular weight is 345 g/mol. The van der Waals surface area contributed by atoms with Crippen LogP contribution in [0.2, 0.25) is 0 Å². The predicted molar refractivity (Wildman–Crippen MR) is 87.7 cm³/mol. The van der Waals surface area contributed by atoms with Crippen LogP contribution in [0.15, 0.2) is 18.2 Å². The Balaban J connectivity index is 0.00000192. The highest BCUT2D eigenvalue weighted by molar-refractivity contribution is 5.85. The first-order chi connectivity index (χ1) is 10.6. The van der Waals surface area contributed by atoms with Gasteiger partial charge in [0.2, 0.25) is 5.91 Å². The molecule has 3 nitrogen and oxygen atoms in total. The van der Waals surface area contributed by atoms with Crippen molar-refractivity contribution in [2.45, 2.75) is 32.1 Å². The summed E-state index contributed by atoms with van der Waals surface area (Å²) in [5.74, 6) is -1.31. The standard InChI is InChI=1S/C17H22F2N2O.ClH/c18-14-2-1-13(15(19)12-14)11-16(22)21-9-5-17(6-10-21)3-7-20-8-4-17;/h1-2,12,20H,3-11H2;1H. The molecule has 0 atom stereocenters. The fraction of sp³-hybridized carbons (Fsp3) is 0.588. The van der Waals surface area contributed by atoms with Gasteiger partial charge in [-0.05, 0) is 55.8 Å². The lowest BCUT2D eigenvalue weighted by Gasteiger charge is -2.44. The summed E-state index contributed by atoms with van der Waals surface area (Å²) in [4.78, 5) is 14.2. The minimum Gasteiger partial charge on any atom is -0.342 e. The van der Waals surface area contributed by atoms with Crippen molar-refractivity contribution < 1.29 is 13.6 Å². The van der Waals surface area contributed by atoms with Crippen LogP contribution in [-0.4, -0.2) is 37.0 Å². The molecule has 1 amide bonds. The lowest BCUT2D eigenvalue weighted by atomic mass is 9.71. The second kappa shape index (κ2) is 7.58. The Morgan fingerprint density at radius 2 is 1.78 bits per heavy atom. The normalized spacial score (nSPS) is 20.2. The number of hydrogen-bond acceptors (Lipinski definition) is 2. The van der Waals surface area contributed by atoms with E-state index in [9.17, 15) is 13.6 Å². The molecule has 1 N–H and O–H groups in total. The summed E-state index contributed by atoms with van der Waals surface area (Å²) in [6.45, 7) is 3.63. The molecule has 2 heterocycles. The monoisotopic (exact) mass is 344 g/mol. The second-order valence-electron chi connectivity index (χ2n) is 6.54. The van der Waals surface area contributed by atoms with Crippen molar-refractivity contribution in [2.24, 2.45) is 5.41 Å². The topological polar surface area (TPSA) is 32.3 Å². The second-order valence-corrected chi connectivity index (χ2v) is 6.54. The van der Waals surface area contributed by atoms with Crippen LogP contribution in [-0.2, 0) is 11.2 Å². The van der Waals surface area contributed by atoms with Gasteiger partial charge >= 0.3 is 0 Å². The first-order valence-electron chi connectivity index (χ1n) is 8.00. The summed E-state index contributed by atoms with van der Waals surface area (Å²) in [5, 5.41) is 3.38. The van der Waals surface area contributed by atoms with Crippen LogP contribution in [0.5, 0.6) is 0 Å². The third-order valence-electron chi connectivity index (χ3n) is 5.20. The third kappa shape index (κ3) is 4.21. The fourth-order valence-electron chi connectivity index (χ4n) is 3.63. The van der Waals surface area contributed by atoms with Crippen LogP contribution in [0.4, 0.5) is 8.78 Å². The van der Waals surface area contributed by atoms with Gasteiger partial charge in [0, 0.05) is 19.2 Å².